The van der Waals surface area contributed by atoms with E-state index in [0.29, 0.717) is 6.04 Å². The fourth-order valence-corrected chi connectivity index (χ4v) is 3.34. The van der Waals surface area contributed by atoms with Crippen molar-refractivity contribution in [2.75, 3.05) is 5.32 Å². The van der Waals surface area contributed by atoms with E-state index in [1.54, 1.807) is 0 Å². The molecule has 3 rings (SSSR count). The molecule has 0 bridgehead atoms. The van der Waals surface area contributed by atoms with Crippen LogP contribution in [0.1, 0.15) is 38.2 Å². The molecule has 1 aromatic carbocycles. The average Bonchev–Trinajstić information content (AvgIpc) is 2.46. The predicted molar refractivity (Wildman–Crippen MR) is 86.5 cm³/mol. The van der Waals surface area contributed by atoms with Crippen molar-refractivity contribution in [3.63, 3.8) is 0 Å². The van der Waals surface area contributed by atoms with Crippen LogP contribution < -0.4 is 5.32 Å². The lowest BCUT2D eigenvalue weighted by Gasteiger charge is -2.30. The van der Waals surface area contributed by atoms with Crippen LogP contribution in [0.25, 0.3) is 10.9 Å². The number of pyridine rings is 1. The van der Waals surface area contributed by atoms with Crippen molar-refractivity contribution >= 4 is 28.2 Å². The standard InChI is InChI=1S/C17H21ClN2/c1-11-5-3-4-6-15(11)20-16-9-10-19-17-12(2)14(18)8-7-13(16)17/h7-11,15H,3-6H2,1-2H3,(H,19,20)/t11-,15-/m1/s1. The van der Waals surface area contributed by atoms with Crippen LogP contribution in [0.5, 0.6) is 0 Å². The average molecular weight is 289 g/mol. The van der Waals surface area contributed by atoms with E-state index in [-0.39, 0.29) is 0 Å². The molecule has 1 aromatic heterocycles. The van der Waals surface area contributed by atoms with Crippen molar-refractivity contribution in [3.8, 4) is 0 Å². The molecule has 3 heteroatoms. The first-order valence-electron chi connectivity index (χ1n) is 7.47. The Kier molecular flexibility index (Phi) is 3.84. The quantitative estimate of drug-likeness (QED) is 0.823. The maximum Gasteiger partial charge on any atom is 0.0766 e. The largest absolute Gasteiger partial charge is 0.381 e. The van der Waals surface area contributed by atoms with Gasteiger partial charge >= 0.3 is 0 Å². The molecule has 0 unspecified atom stereocenters. The number of nitrogens with zero attached hydrogens (tertiary/aromatic N) is 1. The summed E-state index contributed by atoms with van der Waals surface area (Å²) in [5.41, 5.74) is 3.25. The lowest BCUT2D eigenvalue weighted by molar-refractivity contribution is 0.350. The third kappa shape index (κ3) is 2.49. The van der Waals surface area contributed by atoms with E-state index < -0.39 is 0 Å². The van der Waals surface area contributed by atoms with Crippen molar-refractivity contribution in [1.29, 1.82) is 0 Å². The van der Waals surface area contributed by atoms with E-state index in [9.17, 15) is 0 Å². The Labute approximate surface area is 125 Å². The molecule has 20 heavy (non-hydrogen) atoms. The number of nitrogens with one attached hydrogen (secondary N) is 1. The van der Waals surface area contributed by atoms with Gasteiger partial charge in [0, 0.05) is 28.3 Å². The van der Waals surface area contributed by atoms with Crippen molar-refractivity contribution in [2.24, 2.45) is 5.92 Å². The van der Waals surface area contributed by atoms with Gasteiger partial charge in [-0.3, -0.25) is 4.98 Å². The molecule has 0 aliphatic heterocycles. The normalized spacial score (nSPS) is 22.9. The monoisotopic (exact) mass is 288 g/mol. The highest BCUT2D eigenvalue weighted by Gasteiger charge is 2.21. The van der Waals surface area contributed by atoms with Gasteiger partial charge in [-0.2, -0.15) is 0 Å². The second-order valence-corrected chi connectivity index (χ2v) is 6.35. The van der Waals surface area contributed by atoms with Crippen LogP contribution >= 0.6 is 11.6 Å². The third-order valence-electron chi connectivity index (χ3n) is 4.55. The highest BCUT2D eigenvalue weighted by atomic mass is 35.5. The topological polar surface area (TPSA) is 24.9 Å². The Morgan fingerprint density at radius 2 is 2.00 bits per heavy atom. The molecule has 1 N–H and O–H groups in total. The van der Waals surface area contributed by atoms with Gasteiger partial charge in [0.1, 0.15) is 0 Å². The molecule has 0 radical (unpaired) electrons. The summed E-state index contributed by atoms with van der Waals surface area (Å²) < 4.78 is 0. The van der Waals surface area contributed by atoms with E-state index in [1.807, 2.05) is 19.2 Å². The van der Waals surface area contributed by atoms with Crippen LogP contribution in [0.3, 0.4) is 0 Å². The van der Waals surface area contributed by atoms with Gasteiger partial charge in [-0.15, -0.1) is 0 Å². The number of hydrogen-bond acceptors (Lipinski definition) is 2. The summed E-state index contributed by atoms with van der Waals surface area (Å²) in [6, 6.07) is 6.70. The fraction of sp³-hybridized carbons (Fsp3) is 0.471. The number of hydrogen-bond donors (Lipinski definition) is 1. The van der Waals surface area contributed by atoms with Gasteiger partial charge in [0.05, 0.1) is 5.52 Å². The molecule has 1 aliphatic rings. The summed E-state index contributed by atoms with van der Waals surface area (Å²) in [7, 11) is 0. The van der Waals surface area contributed by atoms with Crippen molar-refractivity contribution in [3.05, 3.63) is 35.0 Å². The molecule has 0 amide bonds. The molecular weight excluding hydrogens is 268 g/mol. The molecule has 0 spiro atoms. The molecule has 1 aliphatic carbocycles. The fourth-order valence-electron chi connectivity index (χ4n) is 3.19. The first-order valence-corrected chi connectivity index (χ1v) is 7.85. The molecule has 106 valence electrons. The Morgan fingerprint density at radius 3 is 2.80 bits per heavy atom. The summed E-state index contributed by atoms with van der Waals surface area (Å²) in [6.07, 6.45) is 7.16. The minimum atomic E-state index is 0.574. The number of rotatable bonds is 2. The smallest absolute Gasteiger partial charge is 0.0766 e. The molecule has 1 fully saturated rings. The van der Waals surface area contributed by atoms with Crippen molar-refractivity contribution in [1.82, 2.24) is 4.98 Å². The molecule has 2 atom stereocenters. The summed E-state index contributed by atoms with van der Waals surface area (Å²) in [4.78, 5) is 4.49. The molecular formula is C17H21ClN2. The van der Waals surface area contributed by atoms with Gasteiger partial charge in [-0.25, -0.2) is 0 Å². The van der Waals surface area contributed by atoms with Crippen molar-refractivity contribution < 1.29 is 0 Å². The van der Waals surface area contributed by atoms with E-state index in [2.05, 4.69) is 29.4 Å². The van der Waals surface area contributed by atoms with Crippen LogP contribution in [0, 0.1) is 12.8 Å². The van der Waals surface area contributed by atoms with Gasteiger partial charge in [-0.1, -0.05) is 31.4 Å². The van der Waals surface area contributed by atoms with Crippen LogP contribution in [0.15, 0.2) is 24.4 Å². The lowest BCUT2D eigenvalue weighted by Crippen LogP contribution is -2.30. The summed E-state index contributed by atoms with van der Waals surface area (Å²) in [5.74, 6) is 0.736. The summed E-state index contributed by atoms with van der Waals surface area (Å²) >= 11 is 6.19. The van der Waals surface area contributed by atoms with Crippen LogP contribution in [-0.4, -0.2) is 11.0 Å². The molecule has 2 aromatic rings. The number of benzene rings is 1. The van der Waals surface area contributed by atoms with Gasteiger partial charge in [-0.05, 0) is 49.4 Å². The summed E-state index contributed by atoms with van der Waals surface area (Å²) in [6.45, 7) is 4.38. The minimum absolute atomic E-state index is 0.574. The molecule has 0 saturated heterocycles. The predicted octanol–water partition coefficient (Wildman–Crippen LogP) is 5.19. The Balaban J connectivity index is 1.97. The number of anilines is 1. The van der Waals surface area contributed by atoms with Gasteiger partial charge in [0.2, 0.25) is 0 Å². The van der Waals surface area contributed by atoms with Crippen molar-refractivity contribution in [2.45, 2.75) is 45.6 Å². The van der Waals surface area contributed by atoms with Crippen LogP contribution in [-0.2, 0) is 0 Å². The van der Waals surface area contributed by atoms with E-state index in [0.717, 1.165) is 22.0 Å². The summed E-state index contributed by atoms with van der Waals surface area (Å²) in [5, 5.41) is 5.70. The first-order chi connectivity index (χ1) is 9.66. The number of fused-ring (bicyclic) bond motifs is 1. The van der Waals surface area contributed by atoms with E-state index in [4.69, 9.17) is 11.6 Å². The van der Waals surface area contributed by atoms with Gasteiger partial charge in [0.25, 0.3) is 0 Å². The van der Waals surface area contributed by atoms with E-state index in [1.165, 1.54) is 36.8 Å². The van der Waals surface area contributed by atoms with E-state index >= 15 is 0 Å². The highest BCUT2D eigenvalue weighted by molar-refractivity contribution is 6.32. The number of aryl methyl sites for hydroxylation is 1. The molecule has 2 nitrogen and oxygen atoms in total. The zero-order valence-electron chi connectivity index (χ0n) is 12.1. The Morgan fingerprint density at radius 1 is 1.20 bits per heavy atom. The first kappa shape index (κ1) is 13.7. The zero-order valence-corrected chi connectivity index (χ0v) is 12.9. The third-order valence-corrected chi connectivity index (χ3v) is 4.96. The van der Waals surface area contributed by atoms with Crippen LogP contribution in [0.4, 0.5) is 5.69 Å². The second kappa shape index (κ2) is 5.61. The molecule has 1 saturated carbocycles. The second-order valence-electron chi connectivity index (χ2n) is 5.94. The Hall–Kier alpha value is -1.28. The number of aromatic nitrogens is 1. The maximum atomic E-state index is 6.19. The SMILES string of the molecule is Cc1c(Cl)ccc2c(N[C@@H]3CCCC[C@H]3C)ccnc12. The van der Waals surface area contributed by atoms with Gasteiger partial charge in [0.15, 0.2) is 0 Å². The van der Waals surface area contributed by atoms with Crippen LogP contribution in [0.2, 0.25) is 5.02 Å². The molecule has 1 heterocycles. The maximum absolute atomic E-state index is 6.19. The lowest BCUT2D eigenvalue weighted by atomic mass is 9.85. The minimum Gasteiger partial charge on any atom is -0.381 e. The van der Waals surface area contributed by atoms with Gasteiger partial charge < -0.3 is 5.32 Å². The highest BCUT2D eigenvalue weighted by Crippen LogP contribution is 2.32. The zero-order chi connectivity index (χ0) is 14.1. The Bertz CT molecular complexity index is 624. The number of halogens is 1.